The summed E-state index contributed by atoms with van der Waals surface area (Å²) >= 11 is 18.4. The van der Waals surface area contributed by atoms with E-state index in [0.29, 0.717) is 32.1 Å². The molecule has 0 saturated carbocycles. The first-order valence-electron chi connectivity index (χ1n) is 10.0. The molecule has 1 atom stereocenters. The second-order valence-corrected chi connectivity index (χ2v) is 8.67. The molecule has 0 bridgehead atoms. The van der Waals surface area contributed by atoms with Crippen molar-refractivity contribution in [3.63, 3.8) is 0 Å². The first-order valence-corrected chi connectivity index (χ1v) is 11.2. The molecule has 0 radical (unpaired) electrons. The third-order valence-electron chi connectivity index (χ3n) is 5.27. The van der Waals surface area contributed by atoms with Crippen LogP contribution in [0.15, 0.2) is 66.7 Å². The van der Waals surface area contributed by atoms with Gasteiger partial charge in [0.1, 0.15) is 11.6 Å². The summed E-state index contributed by atoms with van der Waals surface area (Å²) in [7, 11) is 1.60. The highest BCUT2D eigenvalue weighted by Crippen LogP contribution is 2.35. The van der Waals surface area contributed by atoms with Gasteiger partial charge >= 0.3 is 5.97 Å². The number of H-pyrrole nitrogens is 1. The van der Waals surface area contributed by atoms with Gasteiger partial charge in [-0.2, -0.15) is 0 Å². The number of carboxylic acid groups (broad SMARTS) is 1. The van der Waals surface area contributed by atoms with Gasteiger partial charge in [0.05, 0.1) is 34.5 Å². The van der Waals surface area contributed by atoms with Crippen LogP contribution in [0.2, 0.25) is 15.1 Å². The van der Waals surface area contributed by atoms with Gasteiger partial charge in [-0.25, -0.2) is 4.98 Å². The van der Waals surface area contributed by atoms with Crippen molar-refractivity contribution in [1.82, 2.24) is 9.97 Å². The Morgan fingerprint density at radius 3 is 2.36 bits per heavy atom. The van der Waals surface area contributed by atoms with Crippen molar-refractivity contribution in [2.45, 2.75) is 12.3 Å². The standard InChI is InChI=1S/C25H19Cl3N2O3/c1-33-18-8-5-14(6-9-18)23-24(16-7-10-20(27)21(28)12-16)30-22(29-23)13-19(25(31)32)15-3-2-4-17(26)11-15/h2-12,19H,13H2,1H3,(H,29,30)(H,31,32). The summed E-state index contributed by atoms with van der Waals surface area (Å²) in [5.41, 5.74) is 3.61. The molecule has 4 rings (SSSR count). The maximum atomic E-state index is 12.1. The topological polar surface area (TPSA) is 75.2 Å². The maximum absolute atomic E-state index is 12.1. The molecule has 0 saturated heterocycles. The second-order valence-electron chi connectivity index (χ2n) is 7.41. The molecule has 5 nitrogen and oxygen atoms in total. The van der Waals surface area contributed by atoms with Crippen LogP contribution in [0.3, 0.4) is 0 Å². The largest absolute Gasteiger partial charge is 0.497 e. The number of nitrogens with one attached hydrogen (secondary N) is 1. The summed E-state index contributed by atoms with van der Waals surface area (Å²) < 4.78 is 5.26. The van der Waals surface area contributed by atoms with Gasteiger partial charge in [-0.1, -0.05) is 53.0 Å². The van der Waals surface area contributed by atoms with E-state index in [-0.39, 0.29) is 6.42 Å². The first kappa shape index (κ1) is 23.2. The number of imidazole rings is 1. The molecule has 0 aliphatic heterocycles. The van der Waals surface area contributed by atoms with Gasteiger partial charge in [0.25, 0.3) is 0 Å². The van der Waals surface area contributed by atoms with Gasteiger partial charge in [-0.15, -0.1) is 0 Å². The van der Waals surface area contributed by atoms with Crippen molar-refractivity contribution in [2.75, 3.05) is 7.11 Å². The smallest absolute Gasteiger partial charge is 0.311 e. The van der Waals surface area contributed by atoms with Crippen LogP contribution in [-0.2, 0) is 11.2 Å². The van der Waals surface area contributed by atoms with E-state index >= 15 is 0 Å². The van der Waals surface area contributed by atoms with Crippen LogP contribution in [0, 0.1) is 0 Å². The summed E-state index contributed by atoms with van der Waals surface area (Å²) in [5.74, 6) is -0.535. The van der Waals surface area contributed by atoms with Gasteiger partial charge in [0, 0.05) is 22.6 Å². The van der Waals surface area contributed by atoms with Crippen LogP contribution in [0.4, 0.5) is 0 Å². The Hall–Kier alpha value is -2.99. The summed E-state index contributed by atoms with van der Waals surface area (Å²) in [4.78, 5) is 20.1. The summed E-state index contributed by atoms with van der Waals surface area (Å²) in [5, 5.41) is 11.2. The van der Waals surface area contributed by atoms with Gasteiger partial charge in [-0.05, 0) is 54.1 Å². The van der Waals surface area contributed by atoms with E-state index in [1.54, 1.807) is 43.5 Å². The van der Waals surface area contributed by atoms with Gasteiger partial charge < -0.3 is 14.8 Å². The first-order chi connectivity index (χ1) is 15.9. The second kappa shape index (κ2) is 9.87. The van der Waals surface area contributed by atoms with Crippen LogP contribution in [0.1, 0.15) is 17.3 Å². The van der Waals surface area contributed by atoms with Gasteiger partial charge in [0.15, 0.2) is 0 Å². The molecule has 0 aliphatic rings. The Morgan fingerprint density at radius 2 is 1.73 bits per heavy atom. The highest BCUT2D eigenvalue weighted by molar-refractivity contribution is 6.42. The SMILES string of the molecule is COc1ccc(-c2[nH]c(CC(C(=O)O)c3cccc(Cl)c3)nc2-c2ccc(Cl)c(Cl)c2)cc1. The lowest BCUT2D eigenvalue weighted by atomic mass is 9.95. The Balaban J connectivity index is 1.79. The van der Waals surface area contributed by atoms with Crippen molar-refractivity contribution in [2.24, 2.45) is 0 Å². The monoisotopic (exact) mass is 500 g/mol. The zero-order chi connectivity index (χ0) is 23.5. The average molecular weight is 502 g/mol. The number of benzene rings is 3. The lowest BCUT2D eigenvalue weighted by Crippen LogP contribution is -2.15. The van der Waals surface area contributed by atoms with E-state index in [4.69, 9.17) is 44.5 Å². The quantitative estimate of drug-likeness (QED) is 0.283. The van der Waals surface area contributed by atoms with Gasteiger partial charge in [-0.3, -0.25) is 4.79 Å². The van der Waals surface area contributed by atoms with Crippen molar-refractivity contribution in [1.29, 1.82) is 0 Å². The summed E-state index contributed by atoms with van der Waals surface area (Å²) in [6.45, 7) is 0. The molecule has 0 amide bonds. The molecular weight excluding hydrogens is 483 g/mol. The molecule has 0 aliphatic carbocycles. The molecule has 168 valence electrons. The third kappa shape index (κ3) is 5.17. The minimum absolute atomic E-state index is 0.153. The summed E-state index contributed by atoms with van der Waals surface area (Å²) in [6.07, 6.45) is 0.153. The Bertz CT molecular complexity index is 1300. The number of aromatic amines is 1. The van der Waals surface area contributed by atoms with Crippen molar-refractivity contribution in [3.05, 3.63) is 93.2 Å². The Morgan fingerprint density at radius 1 is 1.00 bits per heavy atom. The van der Waals surface area contributed by atoms with Crippen molar-refractivity contribution < 1.29 is 14.6 Å². The van der Waals surface area contributed by atoms with Crippen LogP contribution >= 0.6 is 34.8 Å². The molecule has 8 heteroatoms. The molecule has 2 N–H and O–H groups in total. The van der Waals surface area contributed by atoms with Crippen LogP contribution in [-0.4, -0.2) is 28.2 Å². The fourth-order valence-corrected chi connectivity index (χ4v) is 4.10. The number of hydrogen-bond acceptors (Lipinski definition) is 3. The Labute approximate surface area is 205 Å². The number of aromatic nitrogens is 2. The Kier molecular flexibility index (Phi) is 6.94. The molecule has 33 heavy (non-hydrogen) atoms. The predicted octanol–water partition coefficient (Wildman–Crippen LogP) is 7.12. The number of hydrogen-bond donors (Lipinski definition) is 2. The van der Waals surface area contributed by atoms with Gasteiger partial charge in [0.2, 0.25) is 0 Å². The zero-order valence-corrected chi connectivity index (χ0v) is 19.7. The minimum Gasteiger partial charge on any atom is -0.497 e. The van der Waals surface area contributed by atoms with E-state index in [0.717, 1.165) is 22.6 Å². The van der Waals surface area contributed by atoms with E-state index in [9.17, 15) is 9.90 Å². The van der Waals surface area contributed by atoms with Crippen LogP contribution in [0.25, 0.3) is 22.5 Å². The predicted molar refractivity (Wildman–Crippen MR) is 132 cm³/mol. The minimum atomic E-state index is -0.962. The molecular formula is C25H19Cl3N2O3. The average Bonchev–Trinajstić information content (AvgIpc) is 3.23. The van der Waals surface area contributed by atoms with E-state index < -0.39 is 11.9 Å². The highest BCUT2D eigenvalue weighted by Gasteiger charge is 2.24. The van der Waals surface area contributed by atoms with Crippen molar-refractivity contribution >= 4 is 40.8 Å². The molecule has 1 unspecified atom stereocenters. The number of methoxy groups -OCH3 is 1. The molecule has 0 fully saturated rings. The lowest BCUT2D eigenvalue weighted by Gasteiger charge is -2.11. The van der Waals surface area contributed by atoms with Crippen LogP contribution in [0.5, 0.6) is 5.75 Å². The molecule has 4 aromatic rings. The number of halogens is 3. The van der Waals surface area contributed by atoms with Crippen LogP contribution < -0.4 is 4.74 Å². The number of aliphatic carboxylic acids is 1. The normalized spacial score (nSPS) is 11.9. The number of carbonyl (C=O) groups is 1. The highest BCUT2D eigenvalue weighted by atomic mass is 35.5. The van der Waals surface area contributed by atoms with E-state index in [1.165, 1.54) is 0 Å². The number of ether oxygens (including phenoxy) is 1. The number of nitrogens with zero attached hydrogens (tertiary/aromatic N) is 1. The maximum Gasteiger partial charge on any atom is 0.311 e. The molecule has 0 spiro atoms. The number of rotatable bonds is 7. The fourth-order valence-electron chi connectivity index (χ4n) is 3.60. The zero-order valence-electron chi connectivity index (χ0n) is 17.5. The lowest BCUT2D eigenvalue weighted by molar-refractivity contribution is -0.138. The number of carboxylic acids is 1. The third-order valence-corrected chi connectivity index (χ3v) is 6.25. The van der Waals surface area contributed by atoms with Crippen molar-refractivity contribution in [3.8, 4) is 28.3 Å². The molecule has 1 heterocycles. The molecule has 3 aromatic carbocycles. The van der Waals surface area contributed by atoms with E-state index in [1.807, 2.05) is 30.3 Å². The van der Waals surface area contributed by atoms with E-state index in [2.05, 4.69) is 4.98 Å². The molecule has 1 aromatic heterocycles. The summed E-state index contributed by atoms with van der Waals surface area (Å²) in [6, 6.07) is 19.6. The fraction of sp³-hybridized carbons (Fsp3) is 0.120.